The third-order valence-corrected chi connectivity index (χ3v) is 2.97. The molecule has 0 aromatic heterocycles. The molecular formula is C14H18ClN3O3. The number of hydrazine groups is 1. The van der Waals surface area contributed by atoms with Crippen molar-refractivity contribution in [3.8, 4) is 0 Å². The average Bonchev–Trinajstić information content (AvgIpc) is 2.42. The van der Waals surface area contributed by atoms with Crippen LogP contribution in [0.5, 0.6) is 0 Å². The molecule has 1 aromatic carbocycles. The van der Waals surface area contributed by atoms with Crippen LogP contribution in [0.2, 0.25) is 5.02 Å². The Bertz CT molecular complexity index is 529. The maximum atomic E-state index is 11.9. The van der Waals surface area contributed by atoms with Gasteiger partial charge in [0.05, 0.1) is 0 Å². The van der Waals surface area contributed by atoms with Crippen LogP contribution in [-0.4, -0.2) is 23.8 Å². The molecule has 21 heavy (non-hydrogen) atoms. The lowest BCUT2D eigenvalue weighted by atomic mass is 10.0. The molecule has 7 heteroatoms. The summed E-state index contributed by atoms with van der Waals surface area (Å²) >= 11 is 5.73. The second kappa shape index (κ2) is 7.64. The lowest BCUT2D eigenvalue weighted by Gasteiger charge is -2.21. The summed E-state index contributed by atoms with van der Waals surface area (Å²) < 4.78 is 0. The molecule has 0 unspecified atom stereocenters. The van der Waals surface area contributed by atoms with Crippen molar-refractivity contribution in [3.63, 3.8) is 0 Å². The Morgan fingerprint density at radius 1 is 1.05 bits per heavy atom. The van der Waals surface area contributed by atoms with Gasteiger partial charge in [0, 0.05) is 17.5 Å². The van der Waals surface area contributed by atoms with Gasteiger partial charge in [-0.15, -0.1) is 0 Å². The van der Waals surface area contributed by atoms with Gasteiger partial charge >= 0.3 is 0 Å². The number of carbonyl (C=O) groups excluding carboxylic acids is 3. The normalized spacial score (nSPS) is 11.7. The summed E-state index contributed by atoms with van der Waals surface area (Å²) in [5, 5.41) is 3.05. The highest BCUT2D eigenvalue weighted by Crippen LogP contribution is 2.09. The first kappa shape index (κ1) is 17.0. The Balaban J connectivity index is 2.60. The molecule has 0 aliphatic heterocycles. The average molecular weight is 312 g/mol. The van der Waals surface area contributed by atoms with E-state index in [0.29, 0.717) is 10.6 Å². The molecule has 114 valence electrons. The van der Waals surface area contributed by atoms with Crippen molar-refractivity contribution >= 4 is 29.3 Å². The minimum Gasteiger partial charge on any atom is -0.344 e. The summed E-state index contributed by atoms with van der Waals surface area (Å²) in [6, 6.07) is 5.52. The quantitative estimate of drug-likeness (QED) is 0.732. The van der Waals surface area contributed by atoms with Crippen LogP contribution in [0.15, 0.2) is 24.3 Å². The van der Waals surface area contributed by atoms with Gasteiger partial charge in [-0.05, 0) is 30.2 Å². The number of nitrogens with one attached hydrogen (secondary N) is 3. The molecule has 1 aromatic rings. The number of hydrogen-bond acceptors (Lipinski definition) is 3. The van der Waals surface area contributed by atoms with Gasteiger partial charge in [-0.2, -0.15) is 0 Å². The Hall–Kier alpha value is -2.08. The third-order valence-electron chi connectivity index (χ3n) is 2.71. The van der Waals surface area contributed by atoms with Crippen molar-refractivity contribution in [1.82, 2.24) is 16.2 Å². The maximum absolute atomic E-state index is 11.9. The Kier molecular flexibility index (Phi) is 6.17. The van der Waals surface area contributed by atoms with Crippen LogP contribution in [-0.2, 0) is 9.59 Å². The summed E-state index contributed by atoms with van der Waals surface area (Å²) in [7, 11) is 0. The Labute approximate surface area is 128 Å². The first-order valence-electron chi connectivity index (χ1n) is 6.44. The van der Waals surface area contributed by atoms with Crippen LogP contribution in [0.25, 0.3) is 0 Å². The minimum atomic E-state index is -0.715. The Morgan fingerprint density at radius 2 is 1.62 bits per heavy atom. The standard InChI is InChI=1S/C14H18ClN3O3/c1-8(2)12(16-9(3)19)14(21)18-17-13(20)10-4-6-11(15)7-5-10/h4-8,12H,1-3H3,(H,16,19)(H,17,20)(H,18,21)/t12-/m1/s1. The maximum Gasteiger partial charge on any atom is 0.269 e. The molecule has 3 amide bonds. The largest absolute Gasteiger partial charge is 0.344 e. The fourth-order valence-electron chi connectivity index (χ4n) is 1.62. The van der Waals surface area contributed by atoms with Crippen molar-refractivity contribution < 1.29 is 14.4 Å². The van der Waals surface area contributed by atoms with E-state index in [0.717, 1.165) is 0 Å². The lowest BCUT2D eigenvalue weighted by molar-refractivity contribution is -0.129. The third kappa shape index (κ3) is 5.43. The lowest BCUT2D eigenvalue weighted by Crippen LogP contribution is -2.54. The van der Waals surface area contributed by atoms with E-state index in [2.05, 4.69) is 16.2 Å². The SMILES string of the molecule is CC(=O)N[C@@H](C(=O)NNC(=O)c1ccc(Cl)cc1)C(C)C. The molecule has 0 bridgehead atoms. The van der Waals surface area contributed by atoms with Crippen LogP contribution >= 0.6 is 11.6 Å². The zero-order valence-electron chi connectivity index (χ0n) is 12.1. The topological polar surface area (TPSA) is 87.3 Å². The first-order valence-corrected chi connectivity index (χ1v) is 6.82. The summed E-state index contributed by atoms with van der Waals surface area (Å²) in [6.07, 6.45) is 0. The molecule has 0 radical (unpaired) electrons. The van der Waals surface area contributed by atoms with E-state index in [9.17, 15) is 14.4 Å². The minimum absolute atomic E-state index is 0.110. The molecule has 0 aliphatic carbocycles. The number of halogens is 1. The van der Waals surface area contributed by atoms with E-state index in [1.807, 2.05) is 0 Å². The summed E-state index contributed by atoms with van der Waals surface area (Å²) in [6.45, 7) is 4.91. The van der Waals surface area contributed by atoms with Gasteiger partial charge in [-0.25, -0.2) is 0 Å². The van der Waals surface area contributed by atoms with E-state index in [1.165, 1.54) is 19.1 Å². The van der Waals surface area contributed by atoms with Gasteiger partial charge in [0.25, 0.3) is 11.8 Å². The van der Waals surface area contributed by atoms with Gasteiger partial charge < -0.3 is 5.32 Å². The van der Waals surface area contributed by atoms with Crippen LogP contribution < -0.4 is 16.2 Å². The van der Waals surface area contributed by atoms with E-state index in [-0.39, 0.29) is 11.8 Å². The fourth-order valence-corrected chi connectivity index (χ4v) is 1.75. The fraction of sp³-hybridized carbons (Fsp3) is 0.357. The number of rotatable bonds is 4. The van der Waals surface area contributed by atoms with E-state index >= 15 is 0 Å². The number of amides is 3. The van der Waals surface area contributed by atoms with Crippen LogP contribution in [0.1, 0.15) is 31.1 Å². The van der Waals surface area contributed by atoms with Crippen LogP contribution in [0.3, 0.4) is 0 Å². The summed E-state index contributed by atoms with van der Waals surface area (Å²) in [5.41, 5.74) is 4.95. The molecule has 3 N–H and O–H groups in total. The zero-order valence-corrected chi connectivity index (χ0v) is 12.8. The van der Waals surface area contributed by atoms with E-state index in [4.69, 9.17) is 11.6 Å². The molecule has 0 saturated heterocycles. The highest BCUT2D eigenvalue weighted by Gasteiger charge is 2.23. The molecule has 1 atom stereocenters. The van der Waals surface area contributed by atoms with Crippen molar-refractivity contribution in [2.24, 2.45) is 5.92 Å². The summed E-state index contributed by atoms with van der Waals surface area (Å²) in [4.78, 5) is 34.8. The second-order valence-corrected chi connectivity index (χ2v) is 5.31. The van der Waals surface area contributed by atoms with Crippen molar-refractivity contribution in [2.45, 2.75) is 26.8 Å². The molecule has 0 aliphatic rings. The number of carbonyl (C=O) groups is 3. The zero-order chi connectivity index (χ0) is 16.0. The highest BCUT2D eigenvalue weighted by atomic mass is 35.5. The predicted molar refractivity (Wildman–Crippen MR) is 79.5 cm³/mol. The van der Waals surface area contributed by atoms with Gasteiger partial charge in [0.1, 0.15) is 6.04 Å². The van der Waals surface area contributed by atoms with Crippen molar-refractivity contribution in [1.29, 1.82) is 0 Å². The van der Waals surface area contributed by atoms with Gasteiger partial charge in [-0.3, -0.25) is 25.2 Å². The van der Waals surface area contributed by atoms with Crippen LogP contribution in [0.4, 0.5) is 0 Å². The van der Waals surface area contributed by atoms with Crippen molar-refractivity contribution in [2.75, 3.05) is 0 Å². The monoisotopic (exact) mass is 311 g/mol. The molecule has 0 spiro atoms. The van der Waals surface area contributed by atoms with E-state index < -0.39 is 17.9 Å². The van der Waals surface area contributed by atoms with Gasteiger partial charge in [0.2, 0.25) is 5.91 Å². The van der Waals surface area contributed by atoms with Crippen LogP contribution in [0, 0.1) is 5.92 Å². The number of benzene rings is 1. The molecule has 6 nitrogen and oxygen atoms in total. The second-order valence-electron chi connectivity index (χ2n) is 4.87. The summed E-state index contributed by atoms with van der Waals surface area (Å²) in [5.74, 6) is -1.37. The predicted octanol–water partition coefficient (Wildman–Crippen LogP) is 1.26. The molecule has 0 saturated carbocycles. The Morgan fingerprint density at radius 3 is 2.10 bits per heavy atom. The van der Waals surface area contributed by atoms with Gasteiger partial charge in [0.15, 0.2) is 0 Å². The molecule has 0 heterocycles. The smallest absolute Gasteiger partial charge is 0.269 e. The molecule has 0 fully saturated rings. The van der Waals surface area contributed by atoms with Crippen molar-refractivity contribution in [3.05, 3.63) is 34.9 Å². The highest BCUT2D eigenvalue weighted by molar-refractivity contribution is 6.30. The van der Waals surface area contributed by atoms with Gasteiger partial charge in [-0.1, -0.05) is 25.4 Å². The molecular weight excluding hydrogens is 294 g/mol. The van der Waals surface area contributed by atoms with E-state index in [1.54, 1.807) is 26.0 Å². The molecule has 1 rings (SSSR count). The number of hydrogen-bond donors (Lipinski definition) is 3. The first-order chi connectivity index (χ1) is 9.81.